The lowest BCUT2D eigenvalue weighted by atomic mass is 10.1. The van der Waals surface area contributed by atoms with E-state index in [1.165, 1.54) is 0 Å². The van der Waals surface area contributed by atoms with Gasteiger partial charge in [-0.05, 0) is 31.0 Å². The first kappa shape index (κ1) is 14.5. The Labute approximate surface area is 106 Å². The molecule has 0 saturated heterocycles. The van der Waals surface area contributed by atoms with Gasteiger partial charge in [0.1, 0.15) is 5.75 Å². The number of nitrogens with two attached hydrogens (primary N) is 1. The zero-order valence-electron chi connectivity index (χ0n) is 10.4. The van der Waals surface area contributed by atoms with Gasteiger partial charge in [-0.3, -0.25) is 4.79 Å². The van der Waals surface area contributed by atoms with Crippen molar-refractivity contribution in [2.45, 2.75) is 32.4 Å². The van der Waals surface area contributed by atoms with Crippen LogP contribution in [0.5, 0.6) is 5.75 Å². The number of carbonyl (C=O) groups is 1. The highest BCUT2D eigenvalue weighted by Gasteiger charge is 2.07. The summed E-state index contributed by atoms with van der Waals surface area (Å²) in [5.41, 5.74) is 7.35. The number of aliphatic hydroxyl groups excluding tert-OH is 1. The fourth-order valence-electron chi connectivity index (χ4n) is 1.55. The van der Waals surface area contributed by atoms with Gasteiger partial charge in [0, 0.05) is 18.0 Å². The van der Waals surface area contributed by atoms with Gasteiger partial charge in [0.25, 0.3) is 0 Å². The second kappa shape index (κ2) is 6.98. The molecule has 5 nitrogen and oxygen atoms in total. The van der Waals surface area contributed by atoms with Crippen LogP contribution < -0.4 is 10.5 Å². The third-order valence-electron chi connectivity index (χ3n) is 2.57. The minimum atomic E-state index is -0.840. The molecule has 0 aliphatic heterocycles. The van der Waals surface area contributed by atoms with Gasteiger partial charge in [0.05, 0.1) is 13.2 Å². The van der Waals surface area contributed by atoms with Crippen LogP contribution in [-0.2, 0) is 11.4 Å². The maximum absolute atomic E-state index is 10.3. The Morgan fingerprint density at radius 3 is 2.78 bits per heavy atom. The average molecular weight is 253 g/mol. The molecule has 0 aromatic heterocycles. The van der Waals surface area contributed by atoms with Crippen molar-refractivity contribution in [3.63, 3.8) is 0 Å². The van der Waals surface area contributed by atoms with Gasteiger partial charge in [-0.1, -0.05) is 6.07 Å². The number of carboxylic acids is 1. The highest BCUT2D eigenvalue weighted by Crippen LogP contribution is 2.23. The van der Waals surface area contributed by atoms with Crippen molar-refractivity contribution >= 4 is 5.97 Å². The van der Waals surface area contributed by atoms with Crippen molar-refractivity contribution in [3.05, 3.63) is 29.3 Å². The van der Waals surface area contributed by atoms with E-state index in [2.05, 4.69) is 0 Å². The third kappa shape index (κ3) is 4.35. The SMILES string of the molecule is CC(N)c1ccc(OCCCC(=O)O)c(CO)c1. The van der Waals surface area contributed by atoms with Crippen LogP contribution in [0, 0.1) is 0 Å². The number of hydrogen-bond acceptors (Lipinski definition) is 4. The Morgan fingerprint density at radius 1 is 1.50 bits per heavy atom. The van der Waals surface area contributed by atoms with Crippen LogP contribution in [0.2, 0.25) is 0 Å². The van der Waals surface area contributed by atoms with Crippen molar-refractivity contribution in [2.24, 2.45) is 5.73 Å². The van der Waals surface area contributed by atoms with Crippen LogP contribution in [0.25, 0.3) is 0 Å². The van der Waals surface area contributed by atoms with Gasteiger partial charge >= 0.3 is 5.97 Å². The standard InChI is InChI=1S/C13H19NO4/c1-9(14)10-4-5-12(11(7-10)8-15)18-6-2-3-13(16)17/h4-5,7,9,15H,2-3,6,8,14H2,1H3,(H,16,17). The smallest absolute Gasteiger partial charge is 0.303 e. The van der Waals surface area contributed by atoms with E-state index in [0.29, 0.717) is 24.3 Å². The molecular formula is C13H19NO4. The first-order valence-corrected chi connectivity index (χ1v) is 5.88. The molecular weight excluding hydrogens is 234 g/mol. The van der Waals surface area contributed by atoms with Crippen LogP contribution in [0.4, 0.5) is 0 Å². The Bertz CT molecular complexity index is 404. The number of carboxylic acid groups (broad SMARTS) is 1. The molecule has 1 rings (SSSR count). The number of aliphatic hydroxyl groups is 1. The van der Waals surface area contributed by atoms with E-state index in [9.17, 15) is 9.90 Å². The van der Waals surface area contributed by atoms with Crippen LogP contribution in [0.1, 0.15) is 36.9 Å². The van der Waals surface area contributed by atoms with E-state index in [1.807, 2.05) is 13.0 Å². The van der Waals surface area contributed by atoms with Crippen molar-refractivity contribution in [3.8, 4) is 5.75 Å². The zero-order chi connectivity index (χ0) is 13.5. The molecule has 0 saturated carbocycles. The molecule has 0 heterocycles. The maximum Gasteiger partial charge on any atom is 0.303 e. The monoisotopic (exact) mass is 253 g/mol. The molecule has 18 heavy (non-hydrogen) atoms. The van der Waals surface area contributed by atoms with Crippen LogP contribution in [0.15, 0.2) is 18.2 Å². The molecule has 1 aromatic rings. The Morgan fingerprint density at radius 2 is 2.22 bits per heavy atom. The molecule has 5 heteroatoms. The lowest BCUT2D eigenvalue weighted by molar-refractivity contribution is -0.137. The number of rotatable bonds is 7. The zero-order valence-corrected chi connectivity index (χ0v) is 10.4. The van der Waals surface area contributed by atoms with Crippen molar-refractivity contribution in [1.29, 1.82) is 0 Å². The maximum atomic E-state index is 10.3. The summed E-state index contributed by atoms with van der Waals surface area (Å²) in [6.45, 7) is 2.05. The molecule has 4 N–H and O–H groups in total. The van der Waals surface area contributed by atoms with Gasteiger partial charge in [0.15, 0.2) is 0 Å². The van der Waals surface area contributed by atoms with Crippen molar-refractivity contribution in [1.82, 2.24) is 0 Å². The minimum absolute atomic E-state index is 0.0758. The molecule has 1 aromatic carbocycles. The highest BCUT2D eigenvalue weighted by atomic mass is 16.5. The molecule has 100 valence electrons. The average Bonchev–Trinajstić information content (AvgIpc) is 2.34. The highest BCUT2D eigenvalue weighted by molar-refractivity contribution is 5.66. The number of ether oxygens (including phenoxy) is 1. The number of benzene rings is 1. The largest absolute Gasteiger partial charge is 0.493 e. The molecule has 0 radical (unpaired) electrons. The fraction of sp³-hybridized carbons (Fsp3) is 0.462. The summed E-state index contributed by atoms with van der Waals surface area (Å²) >= 11 is 0. The van der Waals surface area contributed by atoms with E-state index in [1.54, 1.807) is 12.1 Å². The summed E-state index contributed by atoms with van der Waals surface area (Å²) in [7, 11) is 0. The van der Waals surface area contributed by atoms with Gasteiger partial charge in [0.2, 0.25) is 0 Å². The Hall–Kier alpha value is -1.59. The van der Waals surface area contributed by atoms with Crippen LogP contribution >= 0.6 is 0 Å². The Balaban J connectivity index is 2.62. The quantitative estimate of drug-likeness (QED) is 0.639. The summed E-state index contributed by atoms with van der Waals surface area (Å²) in [6.07, 6.45) is 0.515. The first-order chi connectivity index (χ1) is 8.54. The van der Waals surface area contributed by atoms with Gasteiger partial charge in [-0.25, -0.2) is 0 Å². The third-order valence-corrected chi connectivity index (χ3v) is 2.57. The number of aliphatic carboxylic acids is 1. The lowest BCUT2D eigenvalue weighted by Crippen LogP contribution is -2.07. The molecule has 1 atom stereocenters. The summed E-state index contributed by atoms with van der Waals surface area (Å²) in [5, 5.41) is 17.8. The molecule has 0 bridgehead atoms. The molecule has 1 unspecified atom stereocenters. The van der Waals surface area contributed by atoms with E-state index >= 15 is 0 Å². The lowest BCUT2D eigenvalue weighted by Gasteiger charge is -2.13. The van der Waals surface area contributed by atoms with E-state index in [-0.39, 0.29) is 19.1 Å². The van der Waals surface area contributed by atoms with Gasteiger partial charge < -0.3 is 20.7 Å². The molecule has 0 fully saturated rings. The van der Waals surface area contributed by atoms with E-state index in [4.69, 9.17) is 15.6 Å². The first-order valence-electron chi connectivity index (χ1n) is 5.88. The summed E-state index contributed by atoms with van der Waals surface area (Å²) in [5.74, 6) is -0.263. The Kier molecular flexibility index (Phi) is 5.61. The van der Waals surface area contributed by atoms with E-state index < -0.39 is 5.97 Å². The predicted octanol–water partition coefficient (Wildman–Crippen LogP) is 1.44. The molecule has 0 aliphatic rings. The minimum Gasteiger partial charge on any atom is -0.493 e. The van der Waals surface area contributed by atoms with E-state index in [0.717, 1.165) is 5.56 Å². The number of hydrogen-bond donors (Lipinski definition) is 3. The second-order valence-electron chi connectivity index (χ2n) is 4.16. The van der Waals surface area contributed by atoms with Crippen LogP contribution in [0.3, 0.4) is 0 Å². The van der Waals surface area contributed by atoms with Crippen molar-refractivity contribution < 1.29 is 19.7 Å². The predicted molar refractivity (Wildman–Crippen MR) is 67.3 cm³/mol. The van der Waals surface area contributed by atoms with Crippen molar-refractivity contribution in [2.75, 3.05) is 6.61 Å². The van der Waals surface area contributed by atoms with Gasteiger partial charge in [-0.15, -0.1) is 0 Å². The summed E-state index contributed by atoms with van der Waals surface area (Å²) in [4.78, 5) is 10.3. The topological polar surface area (TPSA) is 92.8 Å². The summed E-state index contributed by atoms with van der Waals surface area (Å²) in [6, 6.07) is 5.30. The normalized spacial score (nSPS) is 12.2. The molecule has 0 amide bonds. The molecule has 0 aliphatic carbocycles. The summed E-state index contributed by atoms with van der Waals surface area (Å²) < 4.78 is 5.45. The fourth-order valence-corrected chi connectivity index (χ4v) is 1.55. The molecule has 0 spiro atoms. The second-order valence-corrected chi connectivity index (χ2v) is 4.16. The van der Waals surface area contributed by atoms with Gasteiger partial charge in [-0.2, -0.15) is 0 Å². The van der Waals surface area contributed by atoms with Crippen LogP contribution in [-0.4, -0.2) is 22.8 Å².